The Morgan fingerprint density at radius 3 is 2.42 bits per heavy atom. The third-order valence-corrected chi connectivity index (χ3v) is 5.28. The van der Waals surface area contributed by atoms with E-state index in [2.05, 4.69) is 31.8 Å². The number of hydrogen-bond donors (Lipinski definition) is 0. The Balaban J connectivity index is 2.71. The molecule has 0 fully saturated rings. The van der Waals surface area contributed by atoms with Gasteiger partial charge in [0.2, 0.25) is 0 Å². The second-order valence-electron chi connectivity index (χ2n) is 3.74. The molecule has 12 heavy (non-hydrogen) atoms. The summed E-state index contributed by atoms with van der Waals surface area (Å²) in [5, 5.41) is 0.590. The number of nitrogens with zero attached hydrogens (tertiary/aromatic N) is 1. The normalized spacial score (nSPS) is 11.7. The average molecular weight is 288 g/mol. The van der Waals surface area contributed by atoms with Crippen molar-refractivity contribution in [2.45, 2.75) is 24.2 Å². The van der Waals surface area contributed by atoms with Gasteiger partial charge >= 0.3 is 89.0 Å². The van der Waals surface area contributed by atoms with Crippen molar-refractivity contribution in [3.63, 3.8) is 0 Å². The van der Waals surface area contributed by atoms with Crippen LogP contribution in [0.5, 0.6) is 0 Å². The number of pyridine rings is 1. The topological polar surface area (TPSA) is 12.9 Å². The van der Waals surface area contributed by atoms with Gasteiger partial charge in [0, 0.05) is 0 Å². The molecule has 0 amide bonds. The van der Waals surface area contributed by atoms with E-state index in [1.165, 1.54) is 3.58 Å². The molecule has 1 heterocycles. The summed E-state index contributed by atoms with van der Waals surface area (Å²) in [5.41, 5.74) is 0. The third kappa shape index (κ3) is 3.76. The predicted molar refractivity (Wildman–Crippen MR) is 54.4 cm³/mol. The van der Waals surface area contributed by atoms with Crippen molar-refractivity contribution in [3.05, 3.63) is 23.5 Å². The molecule has 0 saturated carbocycles. The molecule has 1 aromatic rings. The van der Waals surface area contributed by atoms with Gasteiger partial charge in [-0.05, 0) is 0 Å². The van der Waals surface area contributed by atoms with Crippen molar-refractivity contribution in [1.82, 2.24) is 4.98 Å². The fourth-order valence-electron chi connectivity index (χ4n) is 0.883. The molecule has 0 unspecified atom stereocenters. The van der Waals surface area contributed by atoms with E-state index in [0.29, 0.717) is 8.58 Å². The Labute approximate surface area is 88.8 Å². The molecule has 0 atom stereocenters. The molecule has 1 rings (SSSR count). The van der Waals surface area contributed by atoms with Gasteiger partial charge in [-0.3, -0.25) is 0 Å². The first kappa shape index (κ1) is 10.3. The van der Waals surface area contributed by atoms with E-state index in [-0.39, 0.29) is 0 Å². The molecule has 0 aliphatic carbocycles. The van der Waals surface area contributed by atoms with Crippen LogP contribution in [-0.4, -0.2) is 26.1 Å². The van der Waals surface area contributed by atoms with Crippen molar-refractivity contribution in [3.8, 4) is 0 Å². The Morgan fingerprint density at radius 2 is 2.00 bits per heavy atom. The summed E-state index contributed by atoms with van der Waals surface area (Å²) in [6.07, 6.45) is 1.92. The van der Waals surface area contributed by atoms with Crippen LogP contribution in [0.2, 0.25) is 8.58 Å². The van der Waals surface area contributed by atoms with E-state index < -0.39 is 21.1 Å². The quantitative estimate of drug-likeness (QED) is 0.571. The molecule has 3 heteroatoms. The molecule has 0 saturated heterocycles. The predicted octanol–water partition coefficient (Wildman–Crippen LogP) is 2.28. The van der Waals surface area contributed by atoms with Crippen LogP contribution < -0.4 is 3.58 Å². The molecule has 2 radical (unpaired) electrons. The minimum atomic E-state index is -0.490. The summed E-state index contributed by atoms with van der Waals surface area (Å²) in [7, 11) is 0. The summed E-state index contributed by atoms with van der Waals surface area (Å²) in [6, 6.07) is 3.98. The Morgan fingerprint density at radius 1 is 1.33 bits per heavy atom. The van der Waals surface area contributed by atoms with Crippen LogP contribution in [0.15, 0.2) is 18.3 Å². The fourth-order valence-corrected chi connectivity index (χ4v) is 4.31. The number of aromatic nitrogens is 1. The molecular formula is C9H12ClNSn. The zero-order valence-electron chi connectivity index (χ0n) is 7.56. The number of halogens is 1. The summed E-state index contributed by atoms with van der Waals surface area (Å²) in [6.45, 7) is 6.86. The van der Waals surface area contributed by atoms with Crippen molar-refractivity contribution >= 4 is 36.3 Å². The zero-order chi connectivity index (χ0) is 9.19. The van der Waals surface area contributed by atoms with Gasteiger partial charge in [0.15, 0.2) is 0 Å². The first-order valence-corrected chi connectivity index (χ1v) is 7.10. The van der Waals surface area contributed by atoms with E-state index in [1.807, 2.05) is 12.3 Å². The van der Waals surface area contributed by atoms with E-state index in [9.17, 15) is 0 Å². The Bertz CT molecular complexity index is 250. The van der Waals surface area contributed by atoms with Crippen LogP contribution in [0.3, 0.4) is 0 Å². The van der Waals surface area contributed by atoms with Gasteiger partial charge < -0.3 is 0 Å². The van der Waals surface area contributed by atoms with Gasteiger partial charge in [-0.1, -0.05) is 0 Å². The van der Waals surface area contributed by atoms with Crippen molar-refractivity contribution in [1.29, 1.82) is 0 Å². The molecule has 0 bridgehead atoms. The van der Waals surface area contributed by atoms with Gasteiger partial charge in [0.05, 0.1) is 0 Å². The number of hydrogen-bond acceptors (Lipinski definition) is 1. The third-order valence-electron chi connectivity index (χ3n) is 1.25. The van der Waals surface area contributed by atoms with Crippen LogP contribution in [-0.2, 0) is 0 Å². The molecule has 1 aromatic heterocycles. The number of rotatable bonds is 1. The van der Waals surface area contributed by atoms with Crippen molar-refractivity contribution in [2.75, 3.05) is 0 Å². The first-order valence-electron chi connectivity index (χ1n) is 3.87. The standard InChI is InChI=1S/C5H3ClN.C4H9.Sn/c6-5-3-1-2-4-7-5;1-4(2)3;/h1,3-4H;1-3H3;. The molecule has 0 aromatic carbocycles. The van der Waals surface area contributed by atoms with Gasteiger partial charge in [-0.15, -0.1) is 0 Å². The van der Waals surface area contributed by atoms with Crippen LogP contribution >= 0.6 is 11.6 Å². The Kier molecular flexibility index (Phi) is 3.41. The monoisotopic (exact) mass is 289 g/mol. The molecule has 0 aliphatic rings. The minimum absolute atomic E-state index is 0.485. The summed E-state index contributed by atoms with van der Waals surface area (Å²) >= 11 is 5.20. The van der Waals surface area contributed by atoms with E-state index >= 15 is 0 Å². The first-order chi connectivity index (χ1) is 5.47. The summed E-state index contributed by atoms with van der Waals surface area (Å²) in [5.74, 6) is 0. The van der Waals surface area contributed by atoms with Gasteiger partial charge in [0.1, 0.15) is 0 Å². The second-order valence-corrected chi connectivity index (χ2v) is 10.8. The maximum atomic E-state index is 5.69. The van der Waals surface area contributed by atoms with Crippen LogP contribution in [0.1, 0.15) is 20.8 Å². The summed E-state index contributed by atoms with van der Waals surface area (Å²) in [4.78, 5) is 4.07. The molecule has 0 N–H and O–H groups in total. The fraction of sp³-hybridized carbons (Fsp3) is 0.444. The molecule has 1 nitrogen and oxygen atoms in total. The zero-order valence-corrected chi connectivity index (χ0v) is 11.2. The van der Waals surface area contributed by atoms with E-state index in [0.717, 1.165) is 0 Å². The van der Waals surface area contributed by atoms with Crippen molar-refractivity contribution < 1.29 is 0 Å². The molecular weight excluding hydrogens is 276 g/mol. The van der Waals surface area contributed by atoms with Crippen LogP contribution in [0, 0.1) is 0 Å². The van der Waals surface area contributed by atoms with Gasteiger partial charge in [0.25, 0.3) is 0 Å². The van der Waals surface area contributed by atoms with Crippen LogP contribution in [0.25, 0.3) is 0 Å². The molecule has 0 spiro atoms. The van der Waals surface area contributed by atoms with E-state index in [4.69, 9.17) is 11.6 Å². The maximum absolute atomic E-state index is 5.69. The van der Waals surface area contributed by atoms with E-state index in [1.54, 1.807) is 0 Å². The Hall–Kier alpha value is 0.239. The average Bonchev–Trinajstić information content (AvgIpc) is 1.91. The van der Waals surface area contributed by atoms with Crippen molar-refractivity contribution in [2.24, 2.45) is 0 Å². The summed E-state index contributed by atoms with van der Waals surface area (Å²) < 4.78 is 1.90. The SMILES string of the molecule is C[C](C)(C)[Sn][c]1ccc(Cl)nc1. The second kappa shape index (κ2) is 3.96. The molecule has 64 valence electrons. The molecule has 0 aliphatic heterocycles. The van der Waals surface area contributed by atoms with Gasteiger partial charge in [-0.2, -0.15) is 0 Å². The van der Waals surface area contributed by atoms with Crippen LogP contribution in [0.4, 0.5) is 0 Å². The van der Waals surface area contributed by atoms with Gasteiger partial charge in [-0.25, -0.2) is 0 Å².